The Hall–Kier alpha value is -2.34. The highest BCUT2D eigenvalue weighted by Crippen LogP contribution is 2.43. The monoisotopic (exact) mass is 333 g/mol. The molecule has 4 rings (SSSR count). The van der Waals surface area contributed by atoms with Crippen LogP contribution in [0.1, 0.15) is 27.9 Å². The largest absolute Gasteiger partial charge is 0.364 e. The third kappa shape index (κ3) is 2.13. The molecule has 1 amide bonds. The van der Waals surface area contributed by atoms with Crippen molar-refractivity contribution >= 4 is 5.91 Å². The van der Waals surface area contributed by atoms with E-state index in [1.54, 1.807) is 0 Å². The molecule has 0 radical (unpaired) electrons. The van der Waals surface area contributed by atoms with Crippen LogP contribution in [0.3, 0.4) is 0 Å². The van der Waals surface area contributed by atoms with Crippen LogP contribution in [-0.4, -0.2) is 23.9 Å². The number of ether oxygens (including phenoxy) is 1. The van der Waals surface area contributed by atoms with Gasteiger partial charge < -0.3 is 9.64 Å². The molecule has 0 unspecified atom stereocenters. The van der Waals surface area contributed by atoms with Crippen LogP contribution in [0.15, 0.2) is 36.4 Å². The van der Waals surface area contributed by atoms with Gasteiger partial charge in [-0.15, -0.1) is 0 Å². The SMILES string of the molecule is O=C(c1c(F)ccc(F)c1F)N1CC[C@]2(C1)OCc1ccccc12. The fraction of sp³-hybridized carbons (Fsp3) is 0.278. The molecule has 3 nitrogen and oxygen atoms in total. The molecular formula is C18H14F3NO2. The van der Waals surface area contributed by atoms with E-state index in [2.05, 4.69) is 0 Å². The molecule has 1 atom stereocenters. The number of benzene rings is 2. The molecule has 2 heterocycles. The average molecular weight is 333 g/mol. The van der Waals surface area contributed by atoms with E-state index >= 15 is 0 Å². The molecule has 2 aromatic rings. The lowest BCUT2D eigenvalue weighted by atomic mass is 9.92. The third-order valence-corrected chi connectivity index (χ3v) is 4.79. The van der Waals surface area contributed by atoms with E-state index < -0.39 is 34.5 Å². The van der Waals surface area contributed by atoms with Gasteiger partial charge in [0.25, 0.3) is 5.91 Å². The molecule has 1 fully saturated rings. The van der Waals surface area contributed by atoms with Gasteiger partial charge in [0.2, 0.25) is 0 Å². The van der Waals surface area contributed by atoms with E-state index in [0.29, 0.717) is 25.6 Å². The number of nitrogens with zero attached hydrogens (tertiary/aromatic N) is 1. The van der Waals surface area contributed by atoms with Gasteiger partial charge in [-0.1, -0.05) is 24.3 Å². The number of halogens is 3. The van der Waals surface area contributed by atoms with Gasteiger partial charge in [0.05, 0.1) is 13.2 Å². The first-order valence-electron chi connectivity index (χ1n) is 7.67. The van der Waals surface area contributed by atoms with Gasteiger partial charge in [-0.25, -0.2) is 13.2 Å². The van der Waals surface area contributed by atoms with Crippen LogP contribution in [-0.2, 0) is 16.9 Å². The number of likely N-dealkylation sites (tertiary alicyclic amines) is 1. The van der Waals surface area contributed by atoms with E-state index in [4.69, 9.17) is 4.74 Å². The van der Waals surface area contributed by atoms with Crippen molar-refractivity contribution in [1.82, 2.24) is 4.90 Å². The van der Waals surface area contributed by atoms with Crippen molar-refractivity contribution in [2.24, 2.45) is 0 Å². The normalized spacial score (nSPS) is 22.2. The zero-order chi connectivity index (χ0) is 16.9. The maximum atomic E-state index is 13.9. The van der Waals surface area contributed by atoms with E-state index in [-0.39, 0.29) is 6.54 Å². The predicted octanol–water partition coefficient (Wildman–Crippen LogP) is 3.38. The van der Waals surface area contributed by atoms with Crippen LogP contribution in [0.2, 0.25) is 0 Å². The number of carbonyl (C=O) groups is 1. The minimum atomic E-state index is -1.45. The maximum absolute atomic E-state index is 13.9. The number of carbonyl (C=O) groups excluding carboxylic acids is 1. The summed E-state index contributed by atoms with van der Waals surface area (Å²) in [5.41, 5.74) is 0.556. The lowest BCUT2D eigenvalue weighted by Crippen LogP contribution is -2.35. The Balaban J connectivity index is 1.65. The molecule has 0 N–H and O–H groups in total. The summed E-state index contributed by atoms with van der Waals surface area (Å²) in [7, 11) is 0. The second-order valence-corrected chi connectivity index (χ2v) is 6.14. The van der Waals surface area contributed by atoms with Crippen LogP contribution < -0.4 is 0 Å². The zero-order valence-corrected chi connectivity index (χ0v) is 12.7. The standard InChI is InChI=1S/C18H14F3NO2/c19-13-5-6-14(20)16(21)15(13)17(23)22-8-7-18(10-22)12-4-2-1-3-11(12)9-24-18/h1-6H,7-10H2/t18-/m1/s1. The molecule has 6 heteroatoms. The van der Waals surface area contributed by atoms with Crippen molar-refractivity contribution in [3.63, 3.8) is 0 Å². The minimum Gasteiger partial charge on any atom is -0.364 e. The number of amides is 1. The van der Waals surface area contributed by atoms with E-state index in [0.717, 1.165) is 17.2 Å². The Labute approximate surface area is 136 Å². The van der Waals surface area contributed by atoms with Crippen LogP contribution in [0.25, 0.3) is 0 Å². The summed E-state index contributed by atoms with van der Waals surface area (Å²) in [5, 5.41) is 0. The van der Waals surface area contributed by atoms with Gasteiger partial charge in [0.1, 0.15) is 17.0 Å². The summed E-state index contributed by atoms with van der Waals surface area (Å²) in [5.74, 6) is -4.60. The van der Waals surface area contributed by atoms with E-state index in [1.165, 1.54) is 4.90 Å². The zero-order valence-electron chi connectivity index (χ0n) is 12.7. The van der Waals surface area contributed by atoms with Gasteiger partial charge in [-0.05, 0) is 29.7 Å². The smallest absolute Gasteiger partial charge is 0.260 e. The molecule has 0 saturated carbocycles. The van der Waals surface area contributed by atoms with Crippen LogP contribution >= 0.6 is 0 Å². The van der Waals surface area contributed by atoms with Gasteiger partial charge >= 0.3 is 0 Å². The third-order valence-electron chi connectivity index (χ3n) is 4.79. The Bertz CT molecular complexity index is 839. The fourth-order valence-corrected chi connectivity index (χ4v) is 3.56. The molecule has 0 aromatic heterocycles. The van der Waals surface area contributed by atoms with E-state index in [1.807, 2.05) is 24.3 Å². The molecule has 2 aliphatic rings. The second kappa shape index (κ2) is 5.34. The molecule has 0 bridgehead atoms. The number of fused-ring (bicyclic) bond motifs is 2. The first kappa shape index (κ1) is 15.2. The summed E-state index contributed by atoms with van der Waals surface area (Å²) in [6.45, 7) is 0.932. The lowest BCUT2D eigenvalue weighted by molar-refractivity contribution is -0.0283. The fourth-order valence-electron chi connectivity index (χ4n) is 3.56. The Morgan fingerprint density at radius 1 is 1.08 bits per heavy atom. The first-order valence-corrected chi connectivity index (χ1v) is 7.67. The summed E-state index contributed by atoms with van der Waals surface area (Å²) in [4.78, 5) is 13.8. The van der Waals surface area contributed by atoms with Crippen molar-refractivity contribution in [3.05, 3.63) is 70.5 Å². The van der Waals surface area contributed by atoms with Crippen molar-refractivity contribution in [2.75, 3.05) is 13.1 Å². The quantitative estimate of drug-likeness (QED) is 0.749. The van der Waals surface area contributed by atoms with Crippen molar-refractivity contribution in [1.29, 1.82) is 0 Å². The summed E-state index contributed by atoms with van der Waals surface area (Å²) >= 11 is 0. The maximum Gasteiger partial charge on any atom is 0.260 e. The summed E-state index contributed by atoms with van der Waals surface area (Å²) in [6.07, 6.45) is 0.536. The lowest BCUT2D eigenvalue weighted by Gasteiger charge is -2.25. The molecular weight excluding hydrogens is 319 g/mol. The minimum absolute atomic E-state index is 0.193. The van der Waals surface area contributed by atoms with Crippen LogP contribution in [0, 0.1) is 17.5 Å². The number of rotatable bonds is 1. The van der Waals surface area contributed by atoms with Crippen molar-refractivity contribution < 1.29 is 22.7 Å². The highest BCUT2D eigenvalue weighted by Gasteiger charge is 2.47. The molecule has 2 aliphatic heterocycles. The van der Waals surface area contributed by atoms with Gasteiger partial charge in [-0.3, -0.25) is 4.79 Å². The highest BCUT2D eigenvalue weighted by atomic mass is 19.2. The predicted molar refractivity (Wildman–Crippen MR) is 79.7 cm³/mol. The topological polar surface area (TPSA) is 29.5 Å². The average Bonchev–Trinajstić information content (AvgIpc) is 3.18. The number of hydrogen-bond acceptors (Lipinski definition) is 2. The second-order valence-electron chi connectivity index (χ2n) is 6.14. The van der Waals surface area contributed by atoms with Gasteiger partial charge in [0, 0.05) is 6.54 Å². The van der Waals surface area contributed by atoms with E-state index in [9.17, 15) is 18.0 Å². The van der Waals surface area contributed by atoms with Crippen LogP contribution in [0.5, 0.6) is 0 Å². The van der Waals surface area contributed by atoms with Crippen LogP contribution in [0.4, 0.5) is 13.2 Å². The molecule has 1 saturated heterocycles. The molecule has 24 heavy (non-hydrogen) atoms. The number of hydrogen-bond donors (Lipinski definition) is 0. The molecule has 124 valence electrons. The van der Waals surface area contributed by atoms with Crippen molar-refractivity contribution in [2.45, 2.75) is 18.6 Å². The van der Waals surface area contributed by atoms with Crippen molar-refractivity contribution in [3.8, 4) is 0 Å². The Morgan fingerprint density at radius 2 is 1.83 bits per heavy atom. The summed E-state index contributed by atoms with van der Waals surface area (Å²) < 4.78 is 47.0. The highest BCUT2D eigenvalue weighted by molar-refractivity contribution is 5.95. The van der Waals surface area contributed by atoms with Gasteiger partial charge in [0.15, 0.2) is 11.6 Å². The van der Waals surface area contributed by atoms with Gasteiger partial charge in [-0.2, -0.15) is 0 Å². The Morgan fingerprint density at radius 3 is 2.67 bits per heavy atom. The summed E-state index contributed by atoms with van der Waals surface area (Å²) in [6, 6.07) is 9.14. The molecule has 0 aliphatic carbocycles. The Kier molecular flexibility index (Phi) is 3.38. The first-order chi connectivity index (χ1) is 11.5. The molecule has 2 aromatic carbocycles. The molecule has 1 spiro atoms.